The summed E-state index contributed by atoms with van der Waals surface area (Å²) >= 11 is 3.39. The molecule has 1 spiro atoms. The van der Waals surface area contributed by atoms with Crippen LogP contribution >= 0.6 is 15.9 Å². The molecule has 2 N–H and O–H groups in total. The van der Waals surface area contributed by atoms with Gasteiger partial charge in [0.15, 0.2) is 0 Å². The second-order valence-electron chi connectivity index (χ2n) is 7.19. The number of nitrogens with zero attached hydrogens (tertiary/aromatic N) is 3. The van der Waals surface area contributed by atoms with Gasteiger partial charge in [-0.1, -0.05) is 35.2 Å². The summed E-state index contributed by atoms with van der Waals surface area (Å²) in [7, 11) is 0. The Morgan fingerprint density at radius 3 is 2.54 bits per heavy atom. The van der Waals surface area contributed by atoms with Crippen molar-refractivity contribution in [3.8, 4) is 5.69 Å². The summed E-state index contributed by atoms with van der Waals surface area (Å²) in [4.78, 5) is 37.9. The fraction of sp³-hybridized carbons (Fsp3) is 0.368. The first-order valence-corrected chi connectivity index (χ1v) is 9.99. The topological polar surface area (TPSA) is 96.3 Å². The number of halogens is 1. The van der Waals surface area contributed by atoms with E-state index in [1.807, 2.05) is 24.3 Å². The summed E-state index contributed by atoms with van der Waals surface area (Å²) in [6, 6.07) is 6.92. The molecule has 9 heteroatoms. The van der Waals surface area contributed by atoms with E-state index in [1.54, 1.807) is 11.6 Å². The van der Waals surface area contributed by atoms with Crippen LogP contribution in [0, 0.1) is 6.92 Å². The maximum absolute atomic E-state index is 12.8. The lowest BCUT2D eigenvalue weighted by atomic mass is 9.82. The average molecular weight is 446 g/mol. The Balaban J connectivity index is 1.53. The predicted molar refractivity (Wildman–Crippen MR) is 105 cm³/mol. The number of hydrogen-bond acceptors (Lipinski definition) is 4. The Morgan fingerprint density at radius 2 is 1.86 bits per heavy atom. The van der Waals surface area contributed by atoms with E-state index in [2.05, 4.69) is 31.8 Å². The maximum atomic E-state index is 12.8. The third-order valence-corrected chi connectivity index (χ3v) is 5.94. The monoisotopic (exact) mass is 445 g/mol. The summed E-state index contributed by atoms with van der Waals surface area (Å²) in [6.07, 6.45) is 5.45. The molecule has 2 aliphatic rings. The number of nitrogens with one attached hydrogen (secondary N) is 2. The highest BCUT2D eigenvalue weighted by Gasteiger charge is 2.52. The molecule has 0 unspecified atom stereocenters. The quantitative estimate of drug-likeness (QED) is 0.709. The van der Waals surface area contributed by atoms with Crippen molar-refractivity contribution < 1.29 is 14.4 Å². The van der Waals surface area contributed by atoms with Crippen LogP contribution in [0.2, 0.25) is 0 Å². The molecular formula is C19H20BrN5O3. The largest absolute Gasteiger partial charge is 0.344 e. The van der Waals surface area contributed by atoms with E-state index in [4.69, 9.17) is 0 Å². The minimum atomic E-state index is -0.876. The fourth-order valence-electron chi connectivity index (χ4n) is 3.85. The molecule has 1 saturated heterocycles. The van der Waals surface area contributed by atoms with Crippen LogP contribution in [0.15, 0.2) is 34.9 Å². The third-order valence-electron chi connectivity index (χ3n) is 5.41. The second kappa shape index (κ2) is 7.05. The van der Waals surface area contributed by atoms with Gasteiger partial charge >= 0.3 is 6.03 Å². The molecule has 1 aromatic carbocycles. The Labute approximate surface area is 170 Å². The highest BCUT2D eigenvalue weighted by atomic mass is 79.9. The lowest BCUT2D eigenvalue weighted by Crippen LogP contribution is -2.51. The van der Waals surface area contributed by atoms with Gasteiger partial charge in [0, 0.05) is 4.47 Å². The van der Waals surface area contributed by atoms with E-state index >= 15 is 0 Å². The van der Waals surface area contributed by atoms with Crippen molar-refractivity contribution in [1.29, 1.82) is 0 Å². The van der Waals surface area contributed by atoms with Crippen molar-refractivity contribution >= 4 is 33.8 Å². The van der Waals surface area contributed by atoms with Gasteiger partial charge in [-0.05, 0) is 44.0 Å². The Hall–Kier alpha value is -2.68. The standard InChI is InChI=1S/C19H20BrN5O3/c1-12-15(11-21-24(12)14-7-5-13(20)6-8-14)16(26)23-25-17(27)19(22-18(25)28)9-3-2-4-10-19/h5-8,11H,2-4,9-10H2,1H3,(H,22,28)(H,23,26). The smallest absolute Gasteiger partial charge is 0.322 e. The van der Waals surface area contributed by atoms with Gasteiger partial charge in [-0.3, -0.25) is 15.0 Å². The number of urea groups is 1. The SMILES string of the molecule is Cc1c(C(=O)NN2C(=O)NC3(CCCCC3)C2=O)cnn1-c1ccc(Br)cc1. The van der Waals surface area contributed by atoms with E-state index in [0.29, 0.717) is 24.1 Å². The zero-order chi connectivity index (χ0) is 19.9. The van der Waals surface area contributed by atoms with Crippen LogP contribution in [-0.4, -0.2) is 38.2 Å². The number of amides is 4. The predicted octanol–water partition coefficient (Wildman–Crippen LogP) is 2.84. The van der Waals surface area contributed by atoms with Crippen molar-refractivity contribution in [3.63, 3.8) is 0 Å². The summed E-state index contributed by atoms with van der Waals surface area (Å²) in [5.41, 5.74) is 3.29. The summed E-state index contributed by atoms with van der Waals surface area (Å²) in [5, 5.41) is 7.85. The normalized spacial score (nSPS) is 18.4. The van der Waals surface area contributed by atoms with E-state index in [1.165, 1.54) is 6.20 Å². The summed E-state index contributed by atoms with van der Waals surface area (Å²) < 4.78 is 2.57. The van der Waals surface area contributed by atoms with Gasteiger partial charge in [0.25, 0.3) is 11.8 Å². The minimum Gasteiger partial charge on any atom is -0.322 e. The molecule has 8 nitrogen and oxygen atoms in total. The number of carbonyl (C=O) groups is 3. The molecule has 0 bridgehead atoms. The van der Waals surface area contributed by atoms with Gasteiger partial charge in [0.05, 0.1) is 23.1 Å². The van der Waals surface area contributed by atoms with Crippen LogP contribution in [-0.2, 0) is 4.79 Å². The molecule has 146 valence electrons. The van der Waals surface area contributed by atoms with Gasteiger partial charge in [0.2, 0.25) is 0 Å². The summed E-state index contributed by atoms with van der Waals surface area (Å²) in [6.45, 7) is 1.76. The first-order chi connectivity index (χ1) is 13.4. The minimum absolute atomic E-state index is 0.299. The lowest BCUT2D eigenvalue weighted by molar-refractivity contribution is -0.134. The highest BCUT2D eigenvalue weighted by molar-refractivity contribution is 9.10. The molecule has 0 radical (unpaired) electrons. The van der Waals surface area contributed by atoms with Crippen LogP contribution in [0.1, 0.15) is 48.2 Å². The van der Waals surface area contributed by atoms with Gasteiger partial charge in [-0.25, -0.2) is 9.48 Å². The third kappa shape index (κ3) is 3.09. The van der Waals surface area contributed by atoms with Crippen LogP contribution in [0.4, 0.5) is 4.79 Å². The molecule has 2 fully saturated rings. The number of hydrazine groups is 1. The number of carbonyl (C=O) groups excluding carboxylic acids is 3. The van der Waals surface area contributed by atoms with Crippen LogP contribution in [0.5, 0.6) is 0 Å². The fourth-order valence-corrected chi connectivity index (χ4v) is 4.12. The average Bonchev–Trinajstić information content (AvgIpc) is 3.17. The lowest BCUT2D eigenvalue weighted by Gasteiger charge is -2.30. The first-order valence-electron chi connectivity index (χ1n) is 9.19. The zero-order valence-corrected chi connectivity index (χ0v) is 17.0. The molecule has 28 heavy (non-hydrogen) atoms. The van der Waals surface area contributed by atoms with Gasteiger partial charge in [-0.2, -0.15) is 10.1 Å². The van der Waals surface area contributed by atoms with Crippen LogP contribution in [0.3, 0.4) is 0 Å². The number of rotatable bonds is 3. The molecule has 4 rings (SSSR count). The van der Waals surface area contributed by atoms with Crippen molar-refractivity contribution in [2.24, 2.45) is 0 Å². The molecule has 1 aromatic heterocycles. The Bertz CT molecular complexity index is 947. The maximum Gasteiger partial charge on any atom is 0.344 e. The molecular weight excluding hydrogens is 426 g/mol. The van der Waals surface area contributed by atoms with Crippen molar-refractivity contribution in [2.45, 2.75) is 44.6 Å². The second-order valence-corrected chi connectivity index (χ2v) is 8.10. The number of imide groups is 1. The van der Waals surface area contributed by atoms with Crippen molar-refractivity contribution in [1.82, 2.24) is 25.5 Å². The van der Waals surface area contributed by atoms with E-state index in [9.17, 15) is 14.4 Å². The van der Waals surface area contributed by atoms with Crippen molar-refractivity contribution in [3.05, 3.63) is 46.2 Å². The molecule has 2 heterocycles. The molecule has 4 amide bonds. The Kier molecular flexibility index (Phi) is 4.70. The van der Waals surface area contributed by atoms with Crippen LogP contribution in [0.25, 0.3) is 5.69 Å². The van der Waals surface area contributed by atoms with Gasteiger partial charge < -0.3 is 5.32 Å². The molecule has 1 saturated carbocycles. The number of hydrogen-bond donors (Lipinski definition) is 2. The number of benzene rings is 1. The Morgan fingerprint density at radius 1 is 1.18 bits per heavy atom. The molecule has 1 aliphatic heterocycles. The van der Waals surface area contributed by atoms with E-state index in [-0.39, 0.29) is 5.91 Å². The van der Waals surface area contributed by atoms with Crippen LogP contribution < -0.4 is 10.7 Å². The van der Waals surface area contributed by atoms with Gasteiger partial charge in [-0.15, -0.1) is 0 Å². The first kappa shape index (κ1) is 18.7. The molecule has 2 aromatic rings. The summed E-state index contributed by atoms with van der Waals surface area (Å²) in [5.74, 6) is -0.930. The molecule has 1 aliphatic carbocycles. The van der Waals surface area contributed by atoms with E-state index in [0.717, 1.165) is 34.4 Å². The van der Waals surface area contributed by atoms with Gasteiger partial charge in [0.1, 0.15) is 5.54 Å². The zero-order valence-electron chi connectivity index (χ0n) is 15.4. The number of aromatic nitrogens is 2. The van der Waals surface area contributed by atoms with Crippen molar-refractivity contribution in [2.75, 3.05) is 0 Å². The highest BCUT2D eigenvalue weighted by Crippen LogP contribution is 2.33. The molecule has 0 atom stereocenters. The van der Waals surface area contributed by atoms with E-state index < -0.39 is 17.5 Å².